The molecule has 10 nitrogen and oxygen atoms in total. The number of urea groups is 1. The van der Waals surface area contributed by atoms with E-state index in [1.54, 1.807) is 44.9 Å². The molecule has 0 spiro atoms. The second kappa shape index (κ2) is 10.3. The molecule has 1 saturated heterocycles. The van der Waals surface area contributed by atoms with Crippen LogP contribution in [0.3, 0.4) is 0 Å². The van der Waals surface area contributed by atoms with Gasteiger partial charge in [-0.15, -0.1) is 0 Å². The van der Waals surface area contributed by atoms with Gasteiger partial charge in [-0.2, -0.15) is 0 Å². The van der Waals surface area contributed by atoms with Crippen molar-refractivity contribution in [3.63, 3.8) is 0 Å². The third kappa shape index (κ3) is 4.86. The number of hydrogen-bond donors (Lipinski definition) is 1. The van der Waals surface area contributed by atoms with Crippen LogP contribution in [-0.4, -0.2) is 80.1 Å². The Kier molecular flexibility index (Phi) is 6.74. The fourth-order valence-corrected chi connectivity index (χ4v) is 5.87. The lowest BCUT2D eigenvalue weighted by atomic mass is 9.90. The molecule has 0 radical (unpaired) electrons. The molecule has 0 aliphatic carbocycles. The van der Waals surface area contributed by atoms with Crippen molar-refractivity contribution < 1.29 is 14.4 Å². The molecule has 4 heterocycles. The summed E-state index contributed by atoms with van der Waals surface area (Å²) in [4.78, 5) is 47.6. The number of carbonyl (C=O) groups is 3. The number of hydrazine groups is 1. The van der Waals surface area contributed by atoms with Gasteiger partial charge >= 0.3 is 12.1 Å². The van der Waals surface area contributed by atoms with Gasteiger partial charge in [0.1, 0.15) is 5.82 Å². The average molecular weight is 548 g/mol. The van der Waals surface area contributed by atoms with Gasteiger partial charge in [0.2, 0.25) is 5.91 Å². The Balaban J connectivity index is 1.12. The van der Waals surface area contributed by atoms with Gasteiger partial charge in [0.25, 0.3) is 0 Å². The van der Waals surface area contributed by atoms with Gasteiger partial charge in [0.15, 0.2) is 0 Å². The number of benzene rings is 2. The number of nitrogens with one attached hydrogen (secondary N) is 1. The zero-order chi connectivity index (χ0) is 27.1. The predicted octanol–water partition coefficient (Wildman–Crippen LogP) is 3.91. The van der Waals surface area contributed by atoms with E-state index >= 15 is 0 Å². The quantitative estimate of drug-likeness (QED) is 0.534. The first-order valence-corrected chi connectivity index (χ1v) is 13.6. The first-order valence-electron chi connectivity index (χ1n) is 13.2. The number of anilines is 1. The first-order chi connectivity index (χ1) is 18.9. The van der Waals surface area contributed by atoms with Gasteiger partial charge in [-0.3, -0.25) is 9.80 Å². The van der Waals surface area contributed by atoms with Crippen molar-refractivity contribution in [2.75, 3.05) is 38.0 Å². The average Bonchev–Trinajstić information content (AvgIpc) is 3.49. The highest BCUT2D eigenvalue weighted by molar-refractivity contribution is 6.30. The van der Waals surface area contributed by atoms with E-state index in [1.165, 1.54) is 0 Å². The lowest BCUT2D eigenvalue weighted by Crippen LogP contribution is -2.55. The Hall–Kier alpha value is -3.89. The van der Waals surface area contributed by atoms with Crippen LogP contribution in [0.1, 0.15) is 35.1 Å². The zero-order valence-corrected chi connectivity index (χ0v) is 22.5. The number of aromatic nitrogens is 2. The molecule has 1 fully saturated rings. The number of rotatable bonds is 4. The lowest BCUT2D eigenvalue weighted by Gasteiger charge is -2.41. The summed E-state index contributed by atoms with van der Waals surface area (Å²) in [7, 11) is 0. The molecule has 1 atom stereocenters. The summed E-state index contributed by atoms with van der Waals surface area (Å²) in [6.45, 7) is 5.00. The Morgan fingerprint density at radius 1 is 1.03 bits per heavy atom. The van der Waals surface area contributed by atoms with E-state index in [1.807, 2.05) is 35.0 Å². The van der Waals surface area contributed by atoms with Crippen molar-refractivity contribution in [1.82, 2.24) is 29.4 Å². The van der Waals surface area contributed by atoms with Gasteiger partial charge in [-0.05, 0) is 48.7 Å². The molecular formula is C28H30ClN7O3. The molecule has 39 heavy (non-hydrogen) atoms. The molecule has 0 bridgehead atoms. The maximum absolute atomic E-state index is 13.6. The van der Waals surface area contributed by atoms with E-state index in [0.717, 1.165) is 23.2 Å². The van der Waals surface area contributed by atoms with Gasteiger partial charge in [-0.25, -0.2) is 24.1 Å². The Morgan fingerprint density at radius 3 is 2.51 bits per heavy atom. The standard InChI is InChI=1S/C28H30ClN7O3/c1-19-30-17-23-18-35(28(39)36(19)23)33-14-12-32(13-15-33)26(37)16-25-24-5-3-2-4-20(24)10-11-34(25)27(38)31-22-8-6-21(29)7-9-22/h2-9,17,25H,10-16,18H2,1H3,(H,31,38). The van der Waals surface area contributed by atoms with Gasteiger partial charge in [-0.1, -0.05) is 35.9 Å². The highest BCUT2D eigenvalue weighted by atomic mass is 35.5. The third-order valence-electron chi connectivity index (χ3n) is 7.82. The molecule has 11 heteroatoms. The normalized spacial score (nSPS) is 19.2. The summed E-state index contributed by atoms with van der Waals surface area (Å²) in [5, 5.41) is 7.31. The number of halogens is 1. The molecule has 1 N–H and O–H groups in total. The molecule has 3 aliphatic heterocycles. The molecule has 2 aromatic carbocycles. The number of nitrogens with zero attached hydrogens (tertiary/aromatic N) is 6. The number of amides is 4. The summed E-state index contributed by atoms with van der Waals surface area (Å²) >= 11 is 5.99. The predicted molar refractivity (Wildman–Crippen MR) is 146 cm³/mol. The molecule has 0 saturated carbocycles. The van der Waals surface area contributed by atoms with Crippen LogP contribution < -0.4 is 5.32 Å². The van der Waals surface area contributed by atoms with E-state index < -0.39 is 0 Å². The molecule has 3 aromatic rings. The molecular weight excluding hydrogens is 518 g/mol. The summed E-state index contributed by atoms with van der Waals surface area (Å²) in [6.07, 6.45) is 2.67. The molecule has 1 aromatic heterocycles. The van der Waals surface area contributed by atoms with Crippen LogP contribution >= 0.6 is 11.6 Å². The first kappa shape index (κ1) is 25.4. The van der Waals surface area contributed by atoms with Crippen LogP contribution in [0.4, 0.5) is 15.3 Å². The molecule has 202 valence electrons. The minimum absolute atomic E-state index is 0.000278. The second-order valence-corrected chi connectivity index (χ2v) is 10.5. The number of hydrogen-bond acceptors (Lipinski definition) is 5. The van der Waals surface area contributed by atoms with E-state index in [-0.39, 0.29) is 30.4 Å². The van der Waals surface area contributed by atoms with Crippen LogP contribution in [0.5, 0.6) is 0 Å². The van der Waals surface area contributed by atoms with Crippen molar-refractivity contribution in [2.45, 2.75) is 32.4 Å². The molecule has 3 aliphatic rings. The fraction of sp³-hybridized carbons (Fsp3) is 0.357. The van der Waals surface area contributed by atoms with Crippen molar-refractivity contribution in [3.05, 3.63) is 82.4 Å². The smallest absolute Gasteiger partial charge is 0.340 e. The third-order valence-corrected chi connectivity index (χ3v) is 8.07. The van der Waals surface area contributed by atoms with Crippen molar-refractivity contribution >= 4 is 35.3 Å². The van der Waals surface area contributed by atoms with Crippen LogP contribution in [0.25, 0.3) is 0 Å². The van der Waals surface area contributed by atoms with E-state index in [2.05, 4.69) is 16.4 Å². The fourth-order valence-electron chi connectivity index (χ4n) is 5.75. The number of imidazole rings is 1. The molecule has 1 unspecified atom stereocenters. The SMILES string of the molecule is Cc1ncc2n1C(=O)N(N1CCN(C(=O)CC3c4ccccc4CCN3C(=O)Nc3ccc(Cl)cc3)CC1)C2. The Labute approximate surface area is 231 Å². The zero-order valence-electron chi connectivity index (χ0n) is 21.7. The van der Waals surface area contributed by atoms with Gasteiger partial charge in [0.05, 0.1) is 30.9 Å². The number of aryl methyl sites for hydroxylation is 1. The summed E-state index contributed by atoms with van der Waals surface area (Å²) in [6, 6.07) is 14.3. The Bertz CT molecular complexity index is 1410. The second-order valence-electron chi connectivity index (χ2n) is 10.1. The van der Waals surface area contributed by atoms with Crippen molar-refractivity contribution in [1.29, 1.82) is 0 Å². The largest absolute Gasteiger partial charge is 0.344 e. The minimum Gasteiger partial charge on any atom is -0.340 e. The highest BCUT2D eigenvalue weighted by Crippen LogP contribution is 2.33. The topological polar surface area (TPSA) is 94.0 Å². The van der Waals surface area contributed by atoms with E-state index in [0.29, 0.717) is 55.8 Å². The lowest BCUT2D eigenvalue weighted by molar-refractivity contribution is -0.136. The van der Waals surface area contributed by atoms with Crippen LogP contribution in [-0.2, 0) is 17.8 Å². The van der Waals surface area contributed by atoms with Crippen LogP contribution in [0.15, 0.2) is 54.7 Å². The molecule has 4 amide bonds. The maximum atomic E-state index is 13.6. The maximum Gasteiger partial charge on any atom is 0.344 e. The number of piperazine rings is 1. The van der Waals surface area contributed by atoms with Crippen molar-refractivity contribution in [2.24, 2.45) is 0 Å². The van der Waals surface area contributed by atoms with Gasteiger partial charge < -0.3 is 15.1 Å². The summed E-state index contributed by atoms with van der Waals surface area (Å²) in [5.74, 6) is 0.684. The monoisotopic (exact) mass is 547 g/mol. The van der Waals surface area contributed by atoms with Crippen molar-refractivity contribution in [3.8, 4) is 0 Å². The molecule has 6 rings (SSSR count). The van der Waals surface area contributed by atoms with E-state index in [4.69, 9.17) is 11.6 Å². The minimum atomic E-state index is -0.366. The van der Waals surface area contributed by atoms with Crippen LogP contribution in [0, 0.1) is 6.92 Å². The Morgan fingerprint density at radius 2 is 1.77 bits per heavy atom. The number of carbonyl (C=O) groups excluding carboxylic acids is 3. The number of fused-ring (bicyclic) bond motifs is 2. The summed E-state index contributed by atoms with van der Waals surface area (Å²) < 4.78 is 1.64. The van der Waals surface area contributed by atoms with E-state index in [9.17, 15) is 14.4 Å². The highest BCUT2D eigenvalue weighted by Gasteiger charge is 2.37. The van der Waals surface area contributed by atoms with Gasteiger partial charge in [0, 0.05) is 43.4 Å². The summed E-state index contributed by atoms with van der Waals surface area (Å²) in [5.41, 5.74) is 3.70. The van der Waals surface area contributed by atoms with Crippen LogP contribution in [0.2, 0.25) is 5.02 Å².